The topological polar surface area (TPSA) is 49.7 Å². The third-order valence-corrected chi connectivity index (χ3v) is 1.92. The van der Waals surface area contributed by atoms with Gasteiger partial charge in [-0.2, -0.15) is 0 Å². The second kappa shape index (κ2) is 4.59. The maximum Gasteiger partial charge on any atom is 0.707 e. The maximum atomic E-state index is 13.6. The van der Waals surface area contributed by atoms with Crippen LogP contribution in [-0.4, -0.2) is 17.4 Å². The Hall–Kier alpha value is -1.14. The minimum atomic E-state index is -2.24. The minimum absolute atomic E-state index is 0.149. The molecular formula is C9H11BF2O3. The van der Waals surface area contributed by atoms with E-state index in [4.69, 9.17) is 10.0 Å². The van der Waals surface area contributed by atoms with E-state index < -0.39 is 24.7 Å². The first-order chi connectivity index (χ1) is 6.93. The number of benzene rings is 1. The van der Waals surface area contributed by atoms with Crippen LogP contribution in [0.2, 0.25) is 0 Å². The summed E-state index contributed by atoms with van der Waals surface area (Å²) < 4.78 is 30.9. The molecule has 0 atom stereocenters. The molecule has 0 heterocycles. The third kappa shape index (κ3) is 2.67. The third-order valence-electron chi connectivity index (χ3n) is 1.92. The van der Waals surface area contributed by atoms with Crippen molar-refractivity contribution in [2.75, 3.05) is 0 Å². The van der Waals surface area contributed by atoms with Gasteiger partial charge < -0.3 is 14.7 Å². The van der Waals surface area contributed by atoms with Crippen LogP contribution in [0, 0.1) is 11.6 Å². The fourth-order valence-corrected chi connectivity index (χ4v) is 1.21. The van der Waals surface area contributed by atoms with E-state index in [1.54, 1.807) is 13.8 Å². The first-order valence-corrected chi connectivity index (χ1v) is 4.44. The molecule has 0 bridgehead atoms. The second-order valence-corrected chi connectivity index (χ2v) is 3.38. The van der Waals surface area contributed by atoms with Crippen LogP contribution in [0.3, 0.4) is 0 Å². The van der Waals surface area contributed by atoms with Crippen molar-refractivity contribution in [3.63, 3.8) is 0 Å². The van der Waals surface area contributed by atoms with E-state index in [0.29, 0.717) is 0 Å². The van der Waals surface area contributed by atoms with Crippen molar-refractivity contribution in [3.8, 4) is 5.75 Å². The van der Waals surface area contributed by atoms with E-state index in [1.807, 2.05) is 0 Å². The Morgan fingerprint density at radius 1 is 1.27 bits per heavy atom. The van der Waals surface area contributed by atoms with Crippen LogP contribution in [0.1, 0.15) is 25.3 Å². The van der Waals surface area contributed by atoms with E-state index in [1.165, 1.54) is 6.07 Å². The highest BCUT2D eigenvalue weighted by Gasteiger charge is 2.21. The first-order valence-electron chi connectivity index (χ1n) is 4.44. The zero-order chi connectivity index (χ0) is 11.6. The summed E-state index contributed by atoms with van der Waals surface area (Å²) in [5, 5.41) is 17.0. The quantitative estimate of drug-likeness (QED) is 0.751. The molecule has 0 saturated heterocycles. The van der Waals surface area contributed by atoms with Crippen molar-refractivity contribution in [2.45, 2.75) is 19.8 Å². The summed E-state index contributed by atoms with van der Waals surface area (Å²) in [5.41, 5.74) is 0.257. The van der Waals surface area contributed by atoms with Crippen LogP contribution in [0.15, 0.2) is 12.1 Å². The lowest BCUT2D eigenvalue weighted by Crippen LogP contribution is -2.22. The van der Waals surface area contributed by atoms with Gasteiger partial charge >= 0.3 is 7.32 Å². The molecule has 0 spiro atoms. The number of rotatable bonds is 3. The van der Waals surface area contributed by atoms with Crippen molar-refractivity contribution < 1.29 is 23.5 Å². The van der Waals surface area contributed by atoms with Crippen molar-refractivity contribution >= 4 is 7.32 Å². The zero-order valence-electron chi connectivity index (χ0n) is 8.37. The number of hydrogen-bond acceptors (Lipinski definition) is 3. The molecular weight excluding hydrogens is 205 g/mol. The van der Waals surface area contributed by atoms with Gasteiger partial charge in [-0.1, -0.05) is 19.9 Å². The van der Waals surface area contributed by atoms with Crippen LogP contribution >= 0.6 is 0 Å². The Bertz CT molecular complexity index is 355. The van der Waals surface area contributed by atoms with E-state index in [-0.39, 0.29) is 11.5 Å². The summed E-state index contributed by atoms with van der Waals surface area (Å²) in [4.78, 5) is 0. The van der Waals surface area contributed by atoms with Gasteiger partial charge in [0.1, 0.15) is 0 Å². The molecule has 0 unspecified atom stereocenters. The van der Waals surface area contributed by atoms with Gasteiger partial charge in [0.15, 0.2) is 17.4 Å². The fraction of sp³-hybridized carbons (Fsp3) is 0.333. The lowest BCUT2D eigenvalue weighted by atomic mass is 10.0. The van der Waals surface area contributed by atoms with Crippen LogP contribution < -0.4 is 4.65 Å². The van der Waals surface area contributed by atoms with Gasteiger partial charge in [0, 0.05) is 0 Å². The Labute approximate surface area is 86.5 Å². The molecule has 1 aromatic rings. The molecule has 0 radical (unpaired) electrons. The highest BCUT2D eigenvalue weighted by Crippen LogP contribution is 2.28. The predicted octanol–water partition coefficient (Wildman–Crippen LogP) is 1.44. The van der Waals surface area contributed by atoms with Crippen molar-refractivity contribution in [1.82, 2.24) is 0 Å². The van der Waals surface area contributed by atoms with E-state index in [2.05, 4.69) is 4.65 Å². The van der Waals surface area contributed by atoms with Gasteiger partial charge in [0.2, 0.25) is 0 Å². The van der Waals surface area contributed by atoms with Gasteiger partial charge in [-0.3, -0.25) is 0 Å². The van der Waals surface area contributed by atoms with Gasteiger partial charge in [-0.15, -0.1) is 0 Å². The van der Waals surface area contributed by atoms with Crippen LogP contribution in [0.5, 0.6) is 5.75 Å². The summed E-state index contributed by atoms with van der Waals surface area (Å²) in [6.45, 7) is 3.46. The lowest BCUT2D eigenvalue weighted by Gasteiger charge is -2.12. The van der Waals surface area contributed by atoms with Crippen molar-refractivity contribution in [3.05, 3.63) is 29.3 Å². The normalized spacial score (nSPS) is 10.6. The molecule has 15 heavy (non-hydrogen) atoms. The summed E-state index contributed by atoms with van der Waals surface area (Å²) in [5.74, 6) is -2.79. The Kier molecular flexibility index (Phi) is 3.65. The number of halogens is 2. The van der Waals surface area contributed by atoms with E-state index >= 15 is 0 Å². The average molecular weight is 216 g/mol. The molecule has 0 saturated carbocycles. The molecule has 6 heteroatoms. The molecule has 0 aromatic heterocycles. The summed E-state index contributed by atoms with van der Waals surface area (Å²) in [6.07, 6.45) is 0. The molecule has 0 aliphatic rings. The Balaban J connectivity index is 3.18. The second-order valence-electron chi connectivity index (χ2n) is 3.38. The molecule has 3 nitrogen and oxygen atoms in total. The average Bonchev–Trinajstić information content (AvgIpc) is 2.11. The Morgan fingerprint density at radius 2 is 1.87 bits per heavy atom. The standard InChI is InChI=1S/C9H11BF2O3/c1-5(2)6-3-4-7(11)9(8(6)12)15-10(13)14/h3-5,13-14H,1-2H3. The molecule has 82 valence electrons. The van der Waals surface area contributed by atoms with Crippen molar-refractivity contribution in [1.29, 1.82) is 0 Å². The molecule has 0 fully saturated rings. The Morgan fingerprint density at radius 3 is 2.33 bits per heavy atom. The summed E-state index contributed by atoms with van der Waals surface area (Å²) in [7, 11) is -2.24. The predicted molar refractivity (Wildman–Crippen MR) is 51.3 cm³/mol. The SMILES string of the molecule is CC(C)c1ccc(F)c(OB(O)O)c1F. The zero-order valence-corrected chi connectivity index (χ0v) is 8.37. The van der Waals surface area contributed by atoms with Gasteiger partial charge in [0.25, 0.3) is 0 Å². The number of hydrogen-bond donors (Lipinski definition) is 2. The van der Waals surface area contributed by atoms with E-state index in [9.17, 15) is 8.78 Å². The van der Waals surface area contributed by atoms with Gasteiger partial charge in [-0.05, 0) is 17.5 Å². The van der Waals surface area contributed by atoms with Crippen molar-refractivity contribution in [2.24, 2.45) is 0 Å². The van der Waals surface area contributed by atoms with Crippen LogP contribution in [-0.2, 0) is 0 Å². The highest BCUT2D eigenvalue weighted by atomic mass is 19.1. The summed E-state index contributed by atoms with van der Waals surface area (Å²) in [6, 6.07) is 2.32. The first kappa shape index (κ1) is 11.9. The minimum Gasteiger partial charge on any atom is -0.507 e. The summed E-state index contributed by atoms with van der Waals surface area (Å²) >= 11 is 0. The monoisotopic (exact) mass is 216 g/mol. The smallest absolute Gasteiger partial charge is 0.507 e. The molecule has 0 aliphatic heterocycles. The molecule has 0 aliphatic carbocycles. The maximum absolute atomic E-state index is 13.6. The molecule has 0 amide bonds. The molecule has 1 rings (SSSR count). The van der Waals surface area contributed by atoms with Gasteiger partial charge in [0.05, 0.1) is 0 Å². The fourth-order valence-electron chi connectivity index (χ4n) is 1.21. The van der Waals surface area contributed by atoms with E-state index in [0.717, 1.165) is 6.07 Å². The lowest BCUT2D eigenvalue weighted by molar-refractivity contribution is 0.273. The van der Waals surface area contributed by atoms with Gasteiger partial charge in [-0.25, -0.2) is 8.78 Å². The largest absolute Gasteiger partial charge is 0.707 e. The van der Waals surface area contributed by atoms with Crippen LogP contribution in [0.4, 0.5) is 8.78 Å². The molecule has 1 aromatic carbocycles. The highest BCUT2D eigenvalue weighted by molar-refractivity contribution is 6.33. The van der Waals surface area contributed by atoms with Crippen LogP contribution in [0.25, 0.3) is 0 Å². The molecule has 2 N–H and O–H groups in total.